The largest absolute Gasteiger partial charge is 0.381 e. The van der Waals surface area contributed by atoms with Crippen LogP contribution in [0.5, 0.6) is 0 Å². The molecule has 0 saturated heterocycles. The van der Waals surface area contributed by atoms with Crippen molar-refractivity contribution in [3.63, 3.8) is 0 Å². The molecule has 0 saturated carbocycles. The van der Waals surface area contributed by atoms with Gasteiger partial charge in [0.1, 0.15) is 5.82 Å². The van der Waals surface area contributed by atoms with E-state index >= 15 is 0 Å². The van der Waals surface area contributed by atoms with Gasteiger partial charge in [0.25, 0.3) is 0 Å². The van der Waals surface area contributed by atoms with Crippen molar-refractivity contribution in [3.05, 3.63) is 28.5 Å². The fourth-order valence-electron chi connectivity index (χ4n) is 1.52. The van der Waals surface area contributed by atoms with E-state index in [4.69, 9.17) is 5.73 Å². The molecule has 2 nitrogen and oxygen atoms in total. The summed E-state index contributed by atoms with van der Waals surface area (Å²) >= 11 is 3.17. The van der Waals surface area contributed by atoms with E-state index in [1.54, 1.807) is 12.1 Å². The quantitative estimate of drug-likeness (QED) is 0.872. The van der Waals surface area contributed by atoms with Gasteiger partial charge < -0.3 is 11.1 Å². The zero-order chi connectivity index (χ0) is 12.1. The van der Waals surface area contributed by atoms with Crippen molar-refractivity contribution in [1.29, 1.82) is 0 Å². The Labute approximate surface area is 105 Å². The summed E-state index contributed by atoms with van der Waals surface area (Å²) in [6.07, 6.45) is 1.07. The van der Waals surface area contributed by atoms with Gasteiger partial charge in [0.2, 0.25) is 0 Å². The zero-order valence-corrected chi connectivity index (χ0v) is 11.2. The summed E-state index contributed by atoms with van der Waals surface area (Å²) in [5.74, 6) is 0.243. The monoisotopic (exact) mass is 288 g/mol. The highest BCUT2D eigenvalue weighted by Crippen LogP contribution is 2.21. The van der Waals surface area contributed by atoms with Gasteiger partial charge in [0.15, 0.2) is 0 Å². The highest BCUT2D eigenvalue weighted by molar-refractivity contribution is 9.10. The van der Waals surface area contributed by atoms with E-state index in [2.05, 4.69) is 35.1 Å². The molecule has 1 aromatic rings. The average Bonchev–Trinajstić information content (AvgIpc) is 2.29. The smallest absolute Gasteiger partial charge is 0.137 e. The molecular weight excluding hydrogens is 271 g/mol. The zero-order valence-electron chi connectivity index (χ0n) is 9.63. The Morgan fingerprint density at radius 3 is 2.69 bits per heavy atom. The van der Waals surface area contributed by atoms with Crippen LogP contribution in [-0.2, 0) is 0 Å². The number of anilines is 1. The lowest BCUT2D eigenvalue weighted by atomic mass is 9.99. The molecule has 2 atom stereocenters. The van der Waals surface area contributed by atoms with Crippen LogP contribution in [0.1, 0.15) is 20.3 Å². The number of rotatable bonds is 5. The van der Waals surface area contributed by atoms with Gasteiger partial charge in [0, 0.05) is 18.3 Å². The van der Waals surface area contributed by atoms with Crippen LogP contribution in [0.25, 0.3) is 0 Å². The van der Waals surface area contributed by atoms with Crippen LogP contribution in [0.2, 0.25) is 0 Å². The van der Waals surface area contributed by atoms with E-state index in [0.717, 1.165) is 12.1 Å². The molecular formula is C12H18BrFN2. The lowest BCUT2D eigenvalue weighted by molar-refractivity contribution is 0.474. The summed E-state index contributed by atoms with van der Waals surface area (Å²) in [5, 5.41) is 3.33. The van der Waals surface area contributed by atoms with Gasteiger partial charge in [-0.1, -0.05) is 20.3 Å². The van der Waals surface area contributed by atoms with Crippen LogP contribution in [0.3, 0.4) is 0 Å². The van der Waals surface area contributed by atoms with Crippen molar-refractivity contribution in [2.45, 2.75) is 26.3 Å². The molecule has 3 N–H and O–H groups in total. The van der Waals surface area contributed by atoms with Crippen molar-refractivity contribution >= 4 is 21.6 Å². The lowest BCUT2D eigenvalue weighted by Gasteiger charge is -2.24. The minimum absolute atomic E-state index is 0.224. The predicted molar refractivity (Wildman–Crippen MR) is 70.0 cm³/mol. The molecule has 16 heavy (non-hydrogen) atoms. The normalized spacial score (nSPS) is 14.6. The topological polar surface area (TPSA) is 38.0 Å². The van der Waals surface area contributed by atoms with Crippen molar-refractivity contribution in [2.75, 3.05) is 11.9 Å². The maximum atomic E-state index is 13.0. The summed E-state index contributed by atoms with van der Waals surface area (Å²) in [4.78, 5) is 0. The van der Waals surface area contributed by atoms with Gasteiger partial charge >= 0.3 is 0 Å². The highest BCUT2D eigenvalue weighted by atomic mass is 79.9. The standard InChI is InChI=1S/C12H18BrFN2/c1-3-8(2)12(7-15)16-9-4-5-11(14)10(13)6-9/h4-6,8,12,16H,3,7,15H2,1-2H3. The van der Waals surface area contributed by atoms with Gasteiger partial charge in [0.05, 0.1) is 4.47 Å². The van der Waals surface area contributed by atoms with Crippen molar-refractivity contribution in [2.24, 2.45) is 11.7 Å². The van der Waals surface area contributed by atoms with Crippen LogP contribution in [0, 0.1) is 11.7 Å². The first-order chi connectivity index (χ1) is 7.58. The molecule has 0 aromatic heterocycles. The second-order valence-corrected chi connectivity index (χ2v) is 4.86. The second-order valence-electron chi connectivity index (χ2n) is 4.00. The third-order valence-corrected chi connectivity index (χ3v) is 3.46. The molecule has 90 valence electrons. The number of hydrogen-bond acceptors (Lipinski definition) is 2. The molecule has 0 bridgehead atoms. The molecule has 0 spiro atoms. The summed E-state index contributed by atoms with van der Waals surface area (Å²) in [6.45, 7) is 4.86. The number of benzene rings is 1. The van der Waals surface area contributed by atoms with Crippen LogP contribution < -0.4 is 11.1 Å². The first-order valence-corrected chi connectivity index (χ1v) is 6.29. The first-order valence-electron chi connectivity index (χ1n) is 5.50. The Morgan fingerprint density at radius 1 is 1.50 bits per heavy atom. The highest BCUT2D eigenvalue weighted by Gasteiger charge is 2.14. The summed E-state index contributed by atoms with van der Waals surface area (Å²) < 4.78 is 13.5. The van der Waals surface area contributed by atoms with Gasteiger partial charge in [-0.3, -0.25) is 0 Å². The Balaban J connectivity index is 2.74. The number of halogens is 2. The molecule has 0 radical (unpaired) electrons. The Morgan fingerprint density at radius 2 is 2.19 bits per heavy atom. The predicted octanol–water partition coefficient (Wildman–Crippen LogP) is 3.37. The van der Waals surface area contributed by atoms with Gasteiger partial charge in [-0.05, 0) is 40.0 Å². The Bertz CT molecular complexity index is 344. The Kier molecular flexibility index (Phi) is 5.22. The average molecular weight is 289 g/mol. The molecule has 1 rings (SSSR count). The van der Waals surface area contributed by atoms with Gasteiger partial charge in [-0.25, -0.2) is 4.39 Å². The van der Waals surface area contributed by atoms with E-state index in [1.807, 2.05) is 0 Å². The molecule has 0 aliphatic carbocycles. The number of nitrogens with two attached hydrogens (primary N) is 1. The molecule has 0 aliphatic rings. The Hall–Kier alpha value is -0.610. The molecule has 2 unspecified atom stereocenters. The van der Waals surface area contributed by atoms with Crippen LogP contribution in [0.15, 0.2) is 22.7 Å². The van der Waals surface area contributed by atoms with Crippen LogP contribution >= 0.6 is 15.9 Å². The summed E-state index contributed by atoms with van der Waals surface area (Å²) in [7, 11) is 0. The third-order valence-electron chi connectivity index (χ3n) is 2.86. The number of nitrogens with one attached hydrogen (secondary N) is 1. The van der Waals surface area contributed by atoms with Crippen molar-refractivity contribution in [1.82, 2.24) is 0 Å². The molecule has 0 aliphatic heterocycles. The lowest BCUT2D eigenvalue weighted by Crippen LogP contribution is -2.34. The fraction of sp³-hybridized carbons (Fsp3) is 0.500. The maximum Gasteiger partial charge on any atom is 0.137 e. The summed E-state index contributed by atoms with van der Waals surface area (Å²) in [6, 6.07) is 5.13. The van der Waals surface area contributed by atoms with Crippen molar-refractivity contribution < 1.29 is 4.39 Å². The molecule has 1 aromatic carbocycles. The minimum Gasteiger partial charge on any atom is -0.381 e. The fourth-order valence-corrected chi connectivity index (χ4v) is 1.90. The van der Waals surface area contributed by atoms with E-state index in [9.17, 15) is 4.39 Å². The minimum atomic E-state index is -0.251. The third kappa shape index (κ3) is 3.46. The molecule has 0 heterocycles. The van der Waals surface area contributed by atoms with E-state index in [1.165, 1.54) is 6.07 Å². The second kappa shape index (κ2) is 6.21. The summed E-state index contributed by atoms with van der Waals surface area (Å²) in [5.41, 5.74) is 6.61. The SMILES string of the molecule is CCC(C)C(CN)Nc1ccc(F)c(Br)c1. The van der Waals surface area contributed by atoms with E-state index in [-0.39, 0.29) is 11.9 Å². The number of hydrogen-bond donors (Lipinski definition) is 2. The maximum absolute atomic E-state index is 13.0. The first kappa shape index (κ1) is 13.5. The van der Waals surface area contributed by atoms with Crippen molar-refractivity contribution in [3.8, 4) is 0 Å². The molecule has 0 fully saturated rings. The molecule has 0 amide bonds. The van der Waals surface area contributed by atoms with E-state index in [0.29, 0.717) is 16.9 Å². The molecule has 4 heteroatoms. The van der Waals surface area contributed by atoms with Crippen LogP contribution in [-0.4, -0.2) is 12.6 Å². The van der Waals surface area contributed by atoms with Crippen LogP contribution in [0.4, 0.5) is 10.1 Å². The van der Waals surface area contributed by atoms with E-state index < -0.39 is 0 Å². The van der Waals surface area contributed by atoms with Gasteiger partial charge in [-0.2, -0.15) is 0 Å². The van der Waals surface area contributed by atoms with Gasteiger partial charge in [-0.15, -0.1) is 0 Å².